The number of hydrogen-bond acceptors (Lipinski definition) is 9. The van der Waals surface area contributed by atoms with Gasteiger partial charge in [0.25, 0.3) is 5.91 Å². The number of aryl methyl sites for hydroxylation is 1. The van der Waals surface area contributed by atoms with Crippen molar-refractivity contribution in [3.63, 3.8) is 0 Å². The summed E-state index contributed by atoms with van der Waals surface area (Å²) in [6.45, 7) is 6.26. The van der Waals surface area contributed by atoms with Gasteiger partial charge in [0.05, 0.1) is 24.1 Å². The Bertz CT molecular complexity index is 1710. The Morgan fingerprint density at radius 1 is 1.08 bits per heavy atom. The Morgan fingerprint density at radius 2 is 1.90 bits per heavy atom. The lowest BCUT2D eigenvalue weighted by atomic mass is 9.70. The van der Waals surface area contributed by atoms with Gasteiger partial charge in [-0.2, -0.15) is 0 Å². The van der Waals surface area contributed by atoms with Crippen LogP contribution in [0.2, 0.25) is 5.02 Å². The standard InChI is InChI=1S/C38H51ClN4O7S/c1-25-7-6-9-34(47-3)32-13-11-29(32)23-43-22-28-10-12-30(39)21-27(28)8-4-5-18-49-35-15-14-33(40-37(35)43)38(45)42-51(46,26(25)2)41-36(44)24-50-31-16-19-48-20-17-31/h6,9-10,12,14-15,21,25-26,29,31-32,34H,4-5,7-8,11,13,16-20,22-24H2,1-3H3,(H,41,42,44,45,46)/b9-6+/t25-,26+,29-,32+,34-,51?/m0/s1. The van der Waals surface area contributed by atoms with Gasteiger partial charge >= 0.3 is 5.91 Å². The normalized spacial score (nSPS) is 29.9. The second-order valence-corrected chi connectivity index (χ2v) is 17.0. The van der Waals surface area contributed by atoms with Gasteiger partial charge in [0, 0.05) is 38.4 Å². The predicted octanol–water partition coefficient (Wildman–Crippen LogP) is 6.32. The number of hydrogen-bond donors (Lipinski definition) is 1. The molecule has 4 heterocycles. The Morgan fingerprint density at radius 3 is 2.67 bits per heavy atom. The molecule has 2 fully saturated rings. The van der Waals surface area contributed by atoms with Gasteiger partial charge in [-0.15, -0.1) is 4.36 Å². The summed E-state index contributed by atoms with van der Waals surface area (Å²) >= 11 is 6.46. The van der Waals surface area contributed by atoms with Crippen LogP contribution in [0.25, 0.3) is 0 Å². The maximum Gasteiger partial charge on any atom is 0.305 e. The van der Waals surface area contributed by atoms with Crippen LogP contribution in [0.5, 0.6) is 5.75 Å². The highest BCUT2D eigenvalue weighted by atomic mass is 35.5. The van der Waals surface area contributed by atoms with Gasteiger partial charge in [-0.1, -0.05) is 36.7 Å². The zero-order valence-electron chi connectivity index (χ0n) is 29.9. The van der Waals surface area contributed by atoms with Crippen LogP contribution in [0, 0.1) is 17.8 Å². The maximum absolute atomic E-state index is 14.7. The first-order chi connectivity index (χ1) is 24.6. The van der Waals surface area contributed by atoms with E-state index in [9.17, 15) is 13.8 Å². The fourth-order valence-corrected chi connectivity index (χ4v) is 9.43. The molecule has 2 bridgehead atoms. The van der Waals surface area contributed by atoms with E-state index < -0.39 is 27.0 Å². The van der Waals surface area contributed by atoms with E-state index in [0.717, 1.165) is 37.7 Å². The van der Waals surface area contributed by atoms with E-state index in [-0.39, 0.29) is 36.3 Å². The molecule has 3 aliphatic heterocycles. The van der Waals surface area contributed by atoms with Crippen LogP contribution in [0.1, 0.15) is 80.4 Å². The van der Waals surface area contributed by atoms with Gasteiger partial charge in [0.15, 0.2) is 11.6 Å². The highest BCUT2D eigenvalue weighted by Crippen LogP contribution is 2.41. The summed E-state index contributed by atoms with van der Waals surface area (Å²) in [7, 11) is -1.88. The highest BCUT2D eigenvalue weighted by Gasteiger charge is 2.38. The van der Waals surface area contributed by atoms with Crippen molar-refractivity contribution in [2.75, 3.05) is 45.0 Å². The first-order valence-electron chi connectivity index (χ1n) is 18.3. The van der Waals surface area contributed by atoms with Gasteiger partial charge in [0.2, 0.25) is 0 Å². The zero-order valence-corrected chi connectivity index (χ0v) is 31.5. The molecule has 51 heavy (non-hydrogen) atoms. The van der Waals surface area contributed by atoms with E-state index in [1.165, 1.54) is 5.56 Å². The number of halogens is 1. The van der Waals surface area contributed by atoms with Crippen molar-refractivity contribution in [1.82, 2.24) is 9.71 Å². The molecule has 6 atom stereocenters. The minimum absolute atomic E-state index is 0.0285. The number of amides is 2. The summed E-state index contributed by atoms with van der Waals surface area (Å²) in [5.41, 5.74) is 2.35. The fraction of sp³-hybridized carbons (Fsp3) is 0.605. The molecule has 1 saturated carbocycles. The number of pyridine rings is 1. The fourth-order valence-electron chi connectivity index (χ4n) is 7.37. The summed E-state index contributed by atoms with van der Waals surface area (Å²) in [6.07, 6.45) is 10.6. The average Bonchev–Trinajstić information content (AvgIpc) is 3.14. The van der Waals surface area contributed by atoms with Gasteiger partial charge in [-0.25, -0.2) is 9.19 Å². The van der Waals surface area contributed by atoms with Crippen molar-refractivity contribution in [3.05, 3.63) is 64.3 Å². The molecular formula is C38H51ClN4O7S. The van der Waals surface area contributed by atoms with Crippen LogP contribution in [0.15, 0.2) is 46.8 Å². The predicted molar refractivity (Wildman–Crippen MR) is 197 cm³/mol. The third kappa shape index (κ3) is 9.32. The number of nitrogens with zero attached hydrogens (tertiary/aromatic N) is 3. The topological polar surface area (TPSA) is 129 Å². The van der Waals surface area contributed by atoms with Crippen LogP contribution in [-0.2, 0) is 41.9 Å². The minimum atomic E-state index is -3.62. The third-order valence-electron chi connectivity index (χ3n) is 10.8. The summed E-state index contributed by atoms with van der Waals surface area (Å²) in [5, 5.41) is 0.0241. The molecule has 1 saturated heterocycles. The second-order valence-electron chi connectivity index (χ2n) is 14.3. The summed E-state index contributed by atoms with van der Waals surface area (Å²) in [4.78, 5) is 34.3. The second kappa shape index (κ2) is 17.2. The van der Waals surface area contributed by atoms with E-state index in [2.05, 4.69) is 32.2 Å². The average molecular weight is 743 g/mol. The van der Waals surface area contributed by atoms with Crippen LogP contribution >= 0.6 is 11.6 Å². The number of carbonyl (C=O) groups excluding carboxylic acids is 2. The summed E-state index contributed by atoms with van der Waals surface area (Å²) in [5.74, 6) is 0.169. The largest absolute Gasteiger partial charge is 0.490 e. The van der Waals surface area contributed by atoms with E-state index in [4.69, 9.17) is 35.5 Å². The molecule has 1 aromatic carbocycles. The number of nitrogens with one attached hydrogen (secondary N) is 1. The first-order valence-corrected chi connectivity index (χ1v) is 20.2. The van der Waals surface area contributed by atoms with Gasteiger partial charge in [-0.05, 0) is 111 Å². The number of ether oxygens (including phenoxy) is 4. The summed E-state index contributed by atoms with van der Waals surface area (Å²) < 4.78 is 45.2. The Hall–Kier alpha value is -3.03. The van der Waals surface area contributed by atoms with Crippen LogP contribution < -0.4 is 14.4 Å². The first kappa shape index (κ1) is 37.7. The molecule has 13 heteroatoms. The molecule has 278 valence electrons. The van der Waals surface area contributed by atoms with Gasteiger partial charge < -0.3 is 23.8 Å². The number of allylic oxidation sites excluding steroid dienone is 1. The van der Waals surface area contributed by atoms with Crippen molar-refractivity contribution in [2.24, 2.45) is 22.1 Å². The van der Waals surface area contributed by atoms with E-state index >= 15 is 0 Å². The van der Waals surface area contributed by atoms with Crippen molar-refractivity contribution >= 4 is 39.1 Å². The lowest BCUT2D eigenvalue weighted by Crippen LogP contribution is -2.44. The lowest BCUT2D eigenvalue weighted by molar-refractivity contribution is -0.128. The SMILES string of the molecule is CO[C@H]1/C=C/C[C@H](C)[C@@H](C)S(=O)(NC(=O)COC2CCOCC2)=NC(=O)c2ccc3c(n2)N(Cc2ccc(Cl)cc2CCCCO3)C[C@@H]2CC[C@H]21. The molecule has 1 unspecified atom stereocenters. The molecule has 0 spiro atoms. The molecule has 4 aliphatic rings. The molecule has 2 amide bonds. The van der Waals surface area contributed by atoms with Crippen LogP contribution in [-0.4, -0.2) is 78.5 Å². The maximum atomic E-state index is 14.7. The third-order valence-corrected chi connectivity index (χ3v) is 13.5. The van der Waals surface area contributed by atoms with Crippen molar-refractivity contribution < 1.29 is 32.7 Å². The monoisotopic (exact) mass is 742 g/mol. The Balaban J connectivity index is 1.40. The van der Waals surface area contributed by atoms with E-state index in [1.54, 1.807) is 26.2 Å². The number of fused-ring (bicyclic) bond motifs is 3. The quantitative estimate of drug-likeness (QED) is 0.350. The van der Waals surface area contributed by atoms with E-state index in [0.29, 0.717) is 74.7 Å². The zero-order chi connectivity index (χ0) is 36.0. The van der Waals surface area contributed by atoms with Gasteiger partial charge in [-0.3, -0.25) is 14.3 Å². The van der Waals surface area contributed by atoms with Crippen LogP contribution in [0.4, 0.5) is 5.82 Å². The molecule has 1 aliphatic carbocycles. The number of rotatable bonds is 5. The molecule has 1 N–H and O–H groups in total. The molecule has 0 radical (unpaired) electrons. The molecule has 2 aromatic rings. The number of anilines is 1. The Labute approximate surface area is 307 Å². The highest BCUT2D eigenvalue weighted by molar-refractivity contribution is 7.93. The Kier molecular flexibility index (Phi) is 12.7. The van der Waals surface area contributed by atoms with Crippen LogP contribution in [0.3, 0.4) is 0 Å². The van der Waals surface area contributed by atoms with E-state index in [1.807, 2.05) is 19.1 Å². The molecular weight excluding hydrogens is 692 g/mol. The number of methoxy groups -OCH3 is 1. The van der Waals surface area contributed by atoms with Crippen molar-refractivity contribution in [3.8, 4) is 5.75 Å². The molecule has 1 aromatic heterocycles. The van der Waals surface area contributed by atoms with Crippen molar-refractivity contribution in [1.29, 1.82) is 0 Å². The molecule has 11 nitrogen and oxygen atoms in total. The summed E-state index contributed by atoms with van der Waals surface area (Å²) in [6, 6.07) is 9.36. The van der Waals surface area contributed by atoms with Crippen molar-refractivity contribution in [2.45, 2.75) is 89.2 Å². The number of carbonyl (C=O) groups is 2. The molecule has 6 rings (SSSR count). The smallest absolute Gasteiger partial charge is 0.305 e. The van der Waals surface area contributed by atoms with Gasteiger partial charge in [0.1, 0.15) is 22.2 Å². The lowest BCUT2D eigenvalue weighted by Gasteiger charge is -2.43. The minimum Gasteiger partial charge on any atom is -0.490 e. The number of benzene rings is 1. The number of aromatic nitrogens is 1.